The Balaban J connectivity index is 2.11. The molecule has 1 aliphatic rings. The molecule has 1 fully saturated rings. The van der Waals surface area contributed by atoms with E-state index in [-0.39, 0.29) is 42.1 Å². The Bertz CT molecular complexity index is 828. The molecule has 0 aromatic carbocycles. The molecule has 2 N–H and O–H groups in total. The molecule has 31 heavy (non-hydrogen) atoms. The zero-order valence-corrected chi connectivity index (χ0v) is 20.4. The monoisotopic (exact) mass is 456 g/mol. The quantitative estimate of drug-likeness (QED) is 0.623. The normalized spacial score (nSPS) is 26.4. The number of carbonyl (C=O) groups is 1. The first-order chi connectivity index (χ1) is 14.4. The molecular weight excluding hydrogens is 420 g/mol. The van der Waals surface area contributed by atoms with Crippen molar-refractivity contribution in [2.45, 2.75) is 59.7 Å². The summed E-state index contributed by atoms with van der Waals surface area (Å²) in [5.74, 6) is 1.07. The first kappa shape index (κ1) is 25.6. The van der Waals surface area contributed by atoms with E-state index in [1.807, 2.05) is 0 Å². The van der Waals surface area contributed by atoms with Crippen LogP contribution in [0, 0.1) is 23.2 Å². The number of amides is 1. The Morgan fingerprint density at radius 2 is 2.10 bits per heavy atom. The number of aliphatic hydroxyl groups excluding tert-OH is 1. The Hall–Kier alpha value is -1.64. The highest BCUT2D eigenvalue weighted by molar-refractivity contribution is 6.32. The van der Waals surface area contributed by atoms with E-state index in [0.717, 1.165) is 11.1 Å². The Morgan fingerprint density at radius 3 is 2.71 bits per heavy atom. The maximum absolute atomic E-state index is 12.7. The van der Waals surface area contributed by atoms with Gasteiger partial charge in [-0.2, -0.15) is 5.10 Å². The van der Waals surface area contributed by atoms with Crippen molar-refractivity contribution in [3.05, 3.63) is 21.6 Å². The number of anilines is 1. The molecule has 5 atom stereocenters. The molecule has 1 aromatic rings. The second-order valence-corrected chi connectivity index (χ2v) is 9.95. The SMILES string of the molecule is COC[C@@H](O)CN(C)C(=O)Cn1ncc(N[C@@H]2C[C@H](C)C(C)(C)[C@H](C)[C@H]2C)c(Cl)c1=O. The molecule has 0 unspecified atom stereocenters. The van der Waals surface area contributed by atoms with Crippen LogP contribution in [0.5, 0.6) is 0 Å². The van der Waals surface area contributed by atoms with Crippen LogP contribution >= 0.6 is 11.6 Å². The van der Waals surface area contributed by atoms with Gasteiger partial charge in [-0.05, 0) is 29.6 Å². The Labute approximate surface area is 189 Å². The van der Waals surface area contributed by atoms with E-state index in [4.69, 9.17) is 16.3 Å². The lowest BCUT2D eigenvalue weighted by molar-refractivity contribution is -0.132. The number of aliphatic hydroxyl groups is 1. The summed E-state index contributed by atoms with van der Waals surface area (Å²) in [4.78, 5) is 26.5. The van der Waals surface area contributed by atoms with Gasteiger partial charge in [0.05, 0.1) is 24.6 Å². The highest BCUT2D eigenvalue weighted by atomic mass is 35.5. The summed E-state index contributed by atoms with van der Waals surface area (Å²) >= 11 is 6.37. The third-order valence-electron chi connectivity index (χ3n) is 7.35. The first-order valence-electron chi connectivity index (χ1n) is 10.8. The van der Waals surface area contributed by atoms with E-state index in [1.165, 1.54) is 18.2 Å². The van der Waals surface area contributed by atoms with Gasteiger partial charge >= 0.3 is 0 Å². The van der Waals surface area contributed by atoms with Gasteiger partial charge in [0.15, 0.2) is 0 Å². The van der Waals surface area contributed by atoms with Gasteiger partial charge < -0.3 is 20.1 Å². The molecule has 1 aliphatic carbocycles. The third-order valence-corrected chi connectivity index (χ3v) is 7.72. The standard InChI is InChI=1S/C22H37ClN4O4/c1-13-8-17(14(2)15(3)22(13,4)5)25-18-9-24-27(21(30)20(18)23)11-19(29)26(6)10-16(28)12-31-7/h9,13-17,25,28H,8,10-12H2,1-7H3/t13-,14+,15+,16-,17+/m0/s1. The molecule has 176 valence electrons. The fourth-order valence-electron chi connectivity index (χ4n) is 4.35. The fraction of sp³-hybridized carbons (Fsp3) is 0.773. The fourth-order valence-corrected chi connectivity index (χ4v) is 4.56. The van der Waals surface area contributed by atoms with Crippen LogP contribution in [0.2, 0.25) is 5.02 Å². The van der Waals surface area contributed by atoms with Gasteiger partial charge in [0.25, 0.3) is 5.56 Å². The highest BCUT2D eigenvalue weighted by Crippen LogP contribution is 2.48. The zero-order chi connectivity index (χ0) is 23.5. The molecule has 0 saturated heterocycles. The number of likely N-dealkylation sites (N-methyl/N-ethyl adjacent to an activating group) is 1. The minimum Gasteiger partial charge on any atom is -0.389 e. The van der Waals surface area contributed by atoms with Crippen molar-refractivity contribution in [1.29, 1.82) is 0 Å². The average molecular weight is 457 g/mol. The van der Waals surface area contributed by atoms with Crippen molar-refractivity contribution in [2.75, 3.05) is 32.6 Å². The predicted octanol–water partition coefficient (Wildman–Crippen LogP) is 2.48. The van der Waals surface area contributed by atoms with Crippen molar-refractivity contribution in [1.82, 2.24) is 14.7 Å². The third kappa shape index (κ3) is 5.79. The van der Waals surface area contributed by atoms with E-state index in [0.29, 0.717) is 23.4 Å². The smallest absolute Gasteiger partial charge is 0.288 e. The molecule has 0 bridgehead atoms. The summed E-state index contributed by atoms with van der Waals surface area (Å²) in [7, 11) is 3.03. The van der Waals surface area contributed by atoms with Gasteiger partial charge in [0.1, 0.15) is 11.6 Å². The Morgan fingerprint density at radius 1 is 1.45 bits per heavy atom. The second-order valence-electron chi connectivity index (χ2n) is 9.58. The maximum Gasteiger partial charge on any atom is 0.288 e. The van der Waals surface area contributed by atoms with Crippen LogP contribution in [0.1, 0.15) is 41.0 Å². The molecule has 1 amide bonds. The molecule has 9 heteroatoms. The summed E-state index contributed by atoms with van der Waals surface area (Å²) in [5, 5.41) is 17.4. The van der Waals surface area contributed by atoms with Crippen LogP contribution in [0.4, 0.5) is 5.69 Å². The summed E-state index contributed by atoms with van der Waals surface area (Å²) in [6, 6.07) is 0.183. The number of hydrogen-bond acceptors (Lipinski definition) is 6. The van der Waals surface area contributed by atoms with Crippen LogP contribution in [0.3, 0.4) is 0 Å². The number of halogens is 1. The highest BCUT2D eigenvalue weighted by Gasteiger charge is 2.43. The van der Waals surface area contributed by atoms with Crippen molar-refractivity contribution in [3.63, 3.8) is 0 Å². The van der Waals surface area contributed by atoms with Gasteiger partial charge in [-0.25, -0.2) is 4.68 Å². The summed E-state index contributed by atoms with van der Waals surface area (Å²) < 4.78 is 5.91. The zero-order valence-electron chi connectivity index (χ0n) is 19.7. The number of nitrogens with zero attached hydrogens (tertiary/aromatic N) is 3. The topological polar surface area (TPSA) is 96.7 Å². The molecule has 1 aromatic heterocycles. The number of hydrogen-bond donors (Lipinski definition) is 2. The summed E-state index contributed by atoms with van der Waals surface area (Å²) in [6.07, 6.45) is 1.69. The van der Waals surface area contributed by atoms with Crippen LogP contribution < -0.4 is 10.9 Å². The lowest BCUT2D eigenvalue weighted by Gasteiger charge is -2.50. The van der Waals surface area contributed by atoms with Crippen LogP contribution in [-0.4, -0.2) is 65.1 Å². The largest absolute Gasteiger partial charge is 0.389 e. The van der Waals surface area contributed by atoms with Gasteiger partial charge in [0.2, 0.25) is 5.91 Å². The van der Waals surface area contributed by atoms with Gasteiger partial charge in [-0.15, -0.1) is 0 Å². The lowest BCUT2D eigenvalue weighted by Crippen LogP contribution is -2.48. The molecule has 0 radical (unpaired) electrons. The van der Waals surface area contributed by atoms with E-state index in [9.17, 15) is 14.7 Å². The number of carbonyl (C=O) groups excluding carboxylic acids is 1. The molecular formula is C22H37ClN4O4. The summed E-state index contributed by atoms with van der Waals surface area (Å²) in [6.45, 7) is 11.4. The second kappa shape index (κ2) is 10.3. The van der Waals surface area contributed by atoms with E-state index >= 15 is 0 Å². The summed E-state index contributed by atoms with van der Waals surface area (Å²) in [5.41, 5.74) is 0.220. The van der Waals surface area contributed by atoms with Crippen molar-refractivity contribution in [2.24, 2.45) is 23.2 Å². The van der Waals surface area contributed by atoms with Gasteiger partial charge in [0, 0.05) is 26.7 Å². The maximum atomic E-state index is 12.7. The molecule has 0 aliphatic heterocycles. The van der Waals surface area contributed by atoms with Crippen molar-refractivity contribution >= 4 is 23.2 Å². The van der Waals surface area contributed by atoms with E-state index in [1.54, 1.807) is 7.05 Å². The Kier molecular flexibility index (Phi) is 8.53. The van der Waals surface area contributed by atoms with Crippen LogP contribution in [0.15, 0.2) is 11.0 Å². The lowest BCUT2D eigenvalue weighted by atomic mass is 9.58. The van der Waals surface area contributed by atoms with Crippen LogP contribution in [0.25, 0.3) is 0 Å². The molecule has 1 heterocycles. The molecule has 8 nitrogen and oxygen atoms in total. The minimum atomic E-state index is -0.800. The number of aromatic nitrogens is 2. The van der Waals surface area contributed by atoms with Crippen molar-refractivity contribution in [3.8, 4) is 0 Å². The first-order valence-corrected chi connectivity index (χ1v) is 11.2. The van der Waals surface area contributed by atoms with Crippen molar-refractivity contribution < 1.29 is 14.6 Å². The number of nitrogens with one attached hydrogen (secondary N) is 1. The number of ether oxygens (including phenoxy) is 1. The van der Waals surface area contributed by atoms with E-state index in [2.05, 4.69) is 45.0 Å². The average Bonchev–Trinajstić information content (AvgIpc) is 2.70. The molecule has 0 spiro atoms. The molecule has 2 rings (SSSR count). The molecule has 1 saturated carbocycles. The number of rotatable bonds is 8. The minimum absolute atomic E-state index is 0.0298. The predicted molar refractivity (Wildman–Crippen MR) is 122 cm³/mol. The van der Waals surface area contributed by atoms with E-state index < -0.39 is 11.7 Å². The van der Waals surface area contributed by atoms with Crippen LogP contribution in [-0.2, 0) is 16.1 Å². The van der Waals surface area contributed by atoms with Gasteiger partial charge in [-0.3, -0.25) is 9.59 Å². The number of methoxy groups -OCH3 is 1. The van der Waals surface area contributed by atoms with Gasteiger partial charge in [-0.1, -0.05) is 46.2 Å².